The van der Waals surface area contributed by atoms with E-state index in [9.17, 15) is 4.57 Å². The molecule has 2 unspecified atom stereocenters. The van der Waals surface area contributed by atoms with Crippen LogP contribution in [0.1, 0.15) is 26.7 Å². The van der Waals surface area contributed by atoms with Crippen molar-refractivity contribution in [3.05, 3.63) is 0 Å². The highest BCUT2D eigenvalue weighted by molar-refractivity contribution is 7.32. The third-order valence-corrected chi connectivity index (χ3v) is 3.07. The second-order valence-electron chi connectivity index (χ2n) is 4.13. The van der Waals surface area contributed by atoms with Crippen molar-refractivity contribution in [2.24, 2.45) is 5.92 Å². The lowest BCUT2D eigenvalue weighted by atomic mass is 9.98. The van der Waals surface area contributed by atoms with Crippen molar-refractivity contribution in [3.63, 3.8) is 0 Å². The first-order valence-corrected chi connectivity index (χ1v) is 6.25. The first-order chi connectivity index (χ1) is 6.59. The summed E-state index contributed by atoms with van der Waals surface area (Å²) in [5.41, 5.74) is 0. The summed E-state index contributed by atoms with van der Waals surface area (Å²) in [5, 5.41) is 0. The van der Waals surface area contributed by atoms with E-state index >= 15 is 0 Å². The van der Waals surface area contributed by atoms with Crippen LogP contribution in [0.25, 0.3) is 0 Å². The van der Waals surface area contributed by atoms with Gasteiger partial charge in [-0.3, -0.25) is 0 Å². The van der Waals surface area contributed by atoms with Gasteiger partial charge in [0.15, 0.2) is 0 Å². The molecule has 2 atom stereocenters. The fourth-order valence-corrected chi connectivity index (χ4v) is 2.21. The van der Waals surface area contributed by atoms with Crippen LogP contribution in [0.15, 0.2) is 0 Å². The van der Waals surface area contributed by atoms with Crippen LogP contribution in [0.2, 0.25) is 0 Å². The van der Waals surface area contributed by atoms with Gasteiger partial charge in [0.05, 0.1) is 0 Å². The molecular weight excluding hydrogens is 201 g/mol. The highest BCUT2D eigenvalue weighted by Crippen LogP contribution is 2.23. The van der Waals surface area contributed by atoms with Crippen molar-refractivity contribution >= 4 is 8.25 Å². The zero-order chi connectivity index (χ0) is 10.6. The summed E-state index contributed by atoms with van der Waals surface area (Å²) < 4.78 is 15.1. The molecule has 0 saturated carbocycles. The minimum absolute atomic E-state index is 0.412. The summed E-state index contributed by atoms with van der Waals surface area (Å²) in [7, 11) is -2.42. The van der Waals surface area contributed by atoms with Gasteiger partial charge in [-0.25, -0.2) is 0 Å². The molecule has 0 aromatic carbocycles. The molecule has 0 aliphatic carbocycles. The summed E-state index contributed by atoms with van der Waals surface area (Å²) in [6.07, 6.45) is 2.26. The van der Waals surface area contributed by atoms with Gasteiger partial charge in [0.25, 0.3) is 0 Å². The highest BCUT2D eigenvalue weighted by atomic mass is 31.1. The lowest BCUT2D eigenvalue weighted by molar-refractivity contribution is 0.105. The van der Waals surface area contributed by atoms with Crippen molar-refractivity contribution in [1.82, 2.24) is 4.90 Å². The maximum Gasteiger partial charge on any atom is 0.694 e. The number of hydrogen-bond donors (Lipinski definition) is 1. The summed E-state index contributed by atoms with van der Waals surface area (Å²) >= 11 is 0. The van der Waals surface area contributed by atoms with Crippen molar-refractivity contribution in [2.45, 2.75) is 32.7 Å². The van der Waals surface area contributed by atoms with E-state index in [0.717, 1.165) is 25.9 Å². The van der Waals surface area contributed by atoms with E-state index in [1.807, 2.05) is 0 Å². The number of piperidine rings is 1. The van der Waals surface area contributed by atoms with E-state index in [4.69, 9.17) is 9.42 Å². The van der Waals surface area contributed by atoms with Gasteiger partial charge >= 0.3 is 8.25 Å². The molecule has 0 aromatic rings. The largest absolute Gasteiger partial charge is 0.694 e. The fraction of sp³-hybridized carbons (Fsp3) is 1.00. The predicted octanol–water partition coefficient (Wildman–Crippen LogP) is 1.77. The molecule has 0 radical (unpaired) electrons. The summed E-state index contributed by atoms with van der Waals surface area (Å²) in [5.74, 6) is 0.414. The van der Waals surface area contributed by atoms with E-state index in [1.54, 1.807) is 0 Å². The molecule has 1 fully saturated rings. The second kappa shape index (κ2) is 5.76. The van der Waals surface area contributed by atoms with Gasteiger partial charge in [-0.2, -0.15) is 0 Å². The monoisotopic (exact) mass is 220 g/mol. The van der Waals surface area contributed by atoms with Crippen LogP contribution in [0.3, 0.4) is 0 Å². The summed E-state index contributed by atoms with van der Waals surface area (Å²) in [4.78, 5) is 10.9. The minimum atomic E-state index is -2.42. The van der Waals surface area contributed by atoms with Gasteiger partial charge in [0, 0.05) is 23.1 Å². The number of rotatable bonds is 4. The standard InChI is InChI=1S/C9H18NO3P/c1-8(2)10-5-3-4-9(6-10)7-13-14(11)12/h8-9H,3-7H2,1-2H3/p+1. The lowest BCUT2D eigenvalue weighted by Gasteiger charge is -2.34. The van der Waals surface area contributed by atoms with Gasteiger partial charge in [0.2, 0.25) is 0 Å². The molecule has 0 aromatic heterocycles. The van der Waals surface area contributed by atoms with Gasteiger partial charge in [-0.05, 0) is 33.2 Å². The number of nitrogens with zero attached hydrogens (tertiary/aromatic N) is 1. The van der Waals surface area contributed by atoms with Crippen molar-refractivity contribution in [2.75, 3.05) is 19.7 Å². The Bertz CT molecular complexity index is 198. The highest BCUT2D eigenvalue weighted by Gasteiger charge is 2.25. The van der Waals surface area contributed by atoms with Gasteiger partial charge in [-0.1, -0.05) is 0 Å². The average molecular weight is 220 g/mol. The molecule has 14 heavy (non-hydrogen) atoms. The first kappa shape index (κ1) is 12.1. The molecule has 1 saturated heterocycles. The van der Waals surface area contributed by atoms with E-state index in [1.165, 1.54) is 0 Å². The van der Waals surface area contributed by atoms with E-state index in [-0.39, 0.29) is 0 Å². The van der Waals surface area contributed by atoms with E-state index < -0.39 is 8.25 Å². The Labute approximate surface area is 86.2 Å². The number of hydrogen-bond acceptors (Lipinski definition) is 3. The Morgan fingerprint density at radius 1 is 1.64 bits per heavy atom. The summed E-state index contributed by atoms with van der Waals surface area (Å²) in [6, 6.07) is 0.556. The molecule has 82 valence electrons. The topological polar surface area (TPSA) is 49.8 Å². The minimum Gasteiger partial charge on any atom is -0.301 e. The predicted molar refractivity (Wildman–Crippen MR) is 55.2 cm³/mol. The molecular formula is C9H19NO3P+. The SMILES string of the molecule is CC(C)N1CCCC(CO[P+](=O)O)C1. The molecule has 0 spiro atoms. The molecule has 5 heteroatoms. The Hall–Kier alpha value is -0.0200. The molecule has 1 aliphatic rings. The maximum absolute atomic E-state index is 10.4. The molecule has 0 amide bonds. The van der Waals surface area contributed by atoms with Crippen molar-refractivity contribution < 1.29 is 14.0 Å². The van der Waals surface area contributed by atoms with Crippen molar-refractivity contribution in [1.29, 1.82) is 0 Å². The Kier molecular flexibility index (Phi) is 4.96. The fourth-order valence-electron chi connectivity index (χ4n) is 1.87. The Morgan fingerprint density at radius 2 is 2.36 bits per heavy atom. The molecule has 1 aliphatic heterocycles. The third-order valence-electron chi connectivity index (χ3n) is 2.70. The van der Waals surface area contributed by atoms with Crippen LogP contribution in [-0.2, 0) is 9.09 Å². The Morgan fingerprint density at radius 3 is 2.93 bits per heavy atom. The third kappa shape index (κ3) is 4.01. The lowest BCUT2D eigenvalue weighted by Crippen LogP contribution is -2.41. The average Bonchev–Trinajstić information content (AvgIpc) is 2.15. The van der Waals surface area contributed by atoms with Crippen LogP contribution in [0.4, 0.5) is 0 Å². The maximum atomic E-state index is 10.4. The zero-order valence-corrected chi connectivity index (χ0v) is 9.74. The molecule has 1 heterocycles. The zero-order valence-electron chi connectivity index (χ0n) is 8.85. The molecule has 0 bridgehead atoms. The van der Waals surface area contributed by atoms with Crippen LogP contribution < -0.4 is 0 Å². The van der Waals surface area contributed by atoms with E-state index in [2.05, 4.69) is 18.7 Å². The summed E-state index contributed by atoms with van der Waals surface area (Å²) in [6.45, 7) is 6.89. The molecule has 1 rings (SSSR count). The smallest absolute Gasteiger partial charge is 0.301 e. The van der Waals surface area contributed by atoms with Crippen LogP contribution >= 0.6 is 8.25 Å². The van der Waals surface area contributed by atoms with Crippen molar-refractivity contribution in [3.8, 4) is 0 Å². The van der Waals surface area contributed by atoms with Gasteiger partial charge < -0.3 is 4.90 Å². The molecule has 4 nitrogen and oxygen atoms in total. The van der Waals surface area contributed by atoms with E-state index in [0.29, 0.717) is 18.6 Å². The van der Waals surface area contributed by atoms with Gasteiger partial charge in [-0.15, -0.1) is 9.42 Å². The van der Waals surface area contributed by atoms with Crippen LogP contribution in [0, 0.1) is 5.92 Å². The number of likely N-dealkylation sites (tertiary alicyclic amines) is 1. The normalized spacial score (nSPS) is 25.4. The van der Waals surface area contributed by atoms with Crippen LogP contribution in [0.5, 0.6) is 0 Å². The first-order valence-electron chi connectivity index (χ1n) is 5.12. The van der Waals surface area contributed by atoms with Gasteiger partial charge in [0.1, 0.15) is 6.61 Å². The molecule has 1 N–H and O–H groups in total. The second-order valence-corrected chi connectivity index (χ2v) is 4.86. The van der Waals surface area contributed by atoms with Crippen LogP contribution in [-0.4, -0.2) is 35.5 Å². The quantitative estimate of drug-likeness (QED) is 0.733. The Balaban J connectivity index is 2.29.